The van der Waals surface area contributed by atoms with Crippen molar-refractivity contribution in [3.8, 4) is 0 Å². The molecule has 27 heavy (non-hydrogen) atoms. The fraction of sp³-hybridized carbons (Fsp3) is 0.926. The van der Waals surface area contributed by atoms with Crippen molar-refractivity contribution < 1.29 is 0 Å². The molecule has 4 aliphatic carbocycles. The first kappa shape index (κ1) is 20.0. The maximum atomic E-state index is 2.74. The van der Waals surface area contributed by atoms with Gasteiger partial charge in [-0.1, -0.05) is 72.0 Å². The molecule has 0 radical (unpaired) electrons. The van der Waals surface area contributed by atoms with Crippen LogP contribution >= 0.6 is 0 Å². The van der Waals surface area contributed by atoms with E-state index in [0.717, 1.165) is 35.5 Å². The summed E-state index contributed by atoms with van der Waals surface area (Å²) in [7, 11) is 0. The van der Waals surface area contributed by atoms with Crippen LogP contribution in [0.3, 0.4) is 0 Å². The van der Waals surface area contributed by atoms with Crippen molar-refractivity contribution in [2.75, 3.05) is 0 Å². The van der Waals surface area contributed by atoms with Gasteiger partial charge in [0.1, 0.15) is 0 Å². The van der Waals surface area contributed by atoms with Gasteiger partial charge in [0, 0.05) is 0 Å². The van der Waals surface area contributed by atoms with E-state index in [1.54, 1.807) is 0 Å². The molecule has 4 rings (SSSR count). The van der Waals surface area contributed by atoms with Crippen molar-refractivity contribution in [2.45, 2.75) is 112 Å². The molecule has 0 aliphatic heterocycles. The summed E-state index contributed by atoms with van der Waals surface area (Å²) in [6, 6.07) is 0. The standard InChI is InChI=1S/C27H46/c1-19(2)9-8-10-20(3)23-14-15-24-22-13-12-21-11-6-7-17-26(21,4)25(22)16-18-27(23,24)5/h12,19-20,22-25H,6-11,13-18H2,1-5H3/t20?,22-,23?,24?,25?,26-,27+/m1/s1. The van der Waals surface area contributed by atoms with Crippen molar-refractivity contribution >= 4 is 0 Å². The Bertz CT molecular complexity index is 556. The summed E-state index contributed by atoms with van der Waals surface area (Å²) in [6.07, 6.45) is 20.5. The van der Waals surface area contributed by atoms with Gasteiger partial charge in [-0.15, -0.1) is 0 Å². The molecule has 0 nitrogen and oxygen atoms in total. The highest BCUT2D eigenvalue weighted by molar-refractivity contribution is 5.24. The second kappa shape index (κ2) is 7.53. The number of allylic oxidation sites excluding steroid dienone is 2. The molecule has 0 bridgehead atoms. The first-order valence-corrected chi connectivity index (χ1v) is 12.6. The Labute approximate surface area is 170 Å². The SMILES string of the molecule is CC(C)CCCC(C)C1CCC2[C@H]3CC=C4CCCC[C@@]4(C)C3CC[C@@]12C. The van der Waals surface area contributed by atoms with Crippen LogP contribution in [-0.4, -0.2) is 0 Å². The lowest BCUT2D eigenvalue weighted by molar-refractivity contribution is -0.0500. The number of hydrogen-bond donors (Lipinski definition) is 0. The predicted octanol–water partition coefficient (Wildman–Crippen LogP) is 8.42. The van der Waals surface area contributed by atoms with Crippen LogP contribution in [0.5, 0.6) is 0 Å². The summed E-state index contributed by atoms with van der Waals surface area (Å²) in [5, 5.41) is 0. The number of rotatable bonds is 5. The van der Waals surface area contributed by atoms with Crippen molar-refractivity contribution in [1.82, 2.24) is 0 Å². The average Bonchev–Trinajstić information content (AvgIpc) is 2.98. The van der Waals surface area contributed by atoms with E-state index in [1.165, 1.54) is 77.0 Å². The molecule has 0 aromatic carbocycles. The predicted molar refractivity (Wildman–Crippen MR) is 118 cm³/mol. The Hall–Kier alpha value is -0.260. The van der Waals surface area contributed by atoms with E-state index in [-0.39, 0.29) is 0 Å². The van der Waals surface area contributed by atoms with Crippen LogP contribution in [0.4, 0.5) is 0 Å². The van der Waals surface area contributed by atoms with Gasteiger partial charge in [-0.3, -0.25) is 0 Å². The number of hydrogen-bond acceptors (Lipinski definition) is 0. The minimum Gasteiger partial charge on any atom is -0.0845 e. The van der Waals surface area contributed by atoms with Gasteiger partial charge < -0.3 is 0 Å². The van der Waals surface area contributed by atoms with Gasteiger partial charge in [-0.25, -0.2) is 0 Å². The molecule has 7 atom stereocenters. The molecule has 0 aromatic rings. The van der Waals surface area contributed by atoms with Crippen LogP contribution in [0.25, 0.3) is 0 Å². The van der Waals surface area contributed by atoms with Crippen LogP contribution < -0.4 is 0 Å². The molecule has 154 valence electrons. The van der Waals surface area contributed by atoms with Crippen LogP contribution in [0.1, 0.15) is 112 Å². The Balaban J connectivity index is 1.49. The molecule has 0 aromatic heterocycles. The second-order valence-electron chi connectivity index (χ2n) is 12.0. The molecular weight excluding hydrogens is 324 g/mol. The third-order valence-electron chi connectivity index (χ3n) is 10.2. The third kappa shape index (κ3) is 3.36. The first-order valence-electron chi connectivity index (χ1n) is 12.6. The highest BCUT2D eigenvalue weighted by Crippen LogP contribution is 2.67. The summed E-state index contributed by atoms with van der Waals surface area (Å²) >= 11 is 0. The molecule has 4 unspecified atom stereocenters. The molecule has 0 spiro atoms. The number of fused-ring (bicyclic) bond motifs is 5. The summed E-state index contributed by atoms with van der Waals surface area (Å²) in [4.78, 5) is 0. The van der Waals surface area contributed by atoms with E-state index >= 15 is 0 Å². The molecular formula is C27H46. The van der Waals surface area contributed by atoms with Crippen molar-refractivity contribution in [2.24, 2.45) is 46.3 Å². The normalized spacial score (nSPS) is 45.0. The Morgan fingerprint density at radius 3 is 2.56 bits per heavy atom. The van der Waals surface area contributed by atoms with E-state index < -0.39 is 0 Å². The highest BCUT2D eigenvalue weighted by atomic mass is 14.6. The molecule has 0 saturated heterocycles. The topological polar surface area (TPSA) is 0 Å². The monoisotopic (exact) mass is 370 g/mol. The van der Waals surface area contributed by atoms with Crippen molar-refractivity contribution in [3.63, 3.8) is 0 Å². The molecule has 3 fully saturated rings. The van der Waals surface area contributed by atoms with Gasteiger partial charge >= 0.3 is 0 Å². The fourth-order valence-electron chi connectivity index (χ4n) is 8.72. The Morgan fingerprint density at radius 1 is 0.963 bits per heavy atom. The Morgan fingerprint density at radius 2 is 1.78 bits per heavy atom. The van der Waals surface area contributed by atoms with Crippen molar-refractivity contribution in [1.29, 1.82) is 0 Å². The van der Waals surface area contributed by atoms with Crippen molar-refractivity contribution in [3.05, 3.63) is 11.6 Å². The maximum Gasteiger partial charge on any atom is -0.00853 e. The minimum atomic E-state index is 0.573. The lowest BCUT2D eigenvalue weighted by Crippen LogP contribution is -2.50. The van der Waals surface area contributed by atoms with E-state index in [1.807, 2.05) is 5.57 Å². The molecule has 4 aliphatic rings. The van der Waals surface area contributed by atoms with E-state index in [4.69, 9.17) is 0 Å². The second-order valence-corrected chi connectivity index (χ2v) is 12.0. The summed E-state index contributed by atoms with van der Waals surface area (Å²) in [5.41, 5.74) is 3.09. The third-order valence-corrected chi connectivity index (χ3v) is 10.2. The Kier molecular flexibility index (Phi) is 5.59. The lowest BCUT2D eigenvalue weighted by Gasteiger charge is -2.58. The van der Waals surface area contributed by atoms with Gasteiger partial charge in [0.25, 0.3) is 0 Å². The first-order chi connectivity index (χ1) is 12.9. The zero-order valence-electron chi connectivity index (χ0n) is 19.0. The largest absolute Gasteiger partial charge is 0.0845 e. The van der Waals surface area contributed by atoms with Gasteiger partial charge in [0.15, 0.2) is 0 Å². The minimum absolute atomic E-state index is 0.573. The van der Waals surface area contributed by atoms with E-state index in [2.05, 4.69) is 40.7 Å². The smallest absolute Gasteiger partial charge is 0.00853 e. The fourth-order valence-corrected chi connectivity index (χ4v) is 8.72. The van der Waals surface area contributed by atoms with E-state index in [0.29, 0.717) is 10.8 Å². The summed E-state index contributed by atoms with van der Waals surface area (Å²) in [6.45, 7) is 12.8. The van der Waals surface area contributed by atoms with Gasteiger partial charge in [-0.2, -0.15) is 0 Å². The quantitative estimate of drug-likeness (QED) is 0.426. The molecule has 0 heteroatoms. The summed E-state index contributed by atoms with van der Waals surface area (Å²) < 4.78 is 0. The van der Waals surface area contributed by atoms with Gasteiger partial charge in [-0.05, 0) is 97.7 Å². The molecule has 0 N–H and O–H groups in total. The lowest BCUT2D eigenvalue weighted by atomic mass is 9.47. The van der Waals surface area contributed by atoms with Crippen LogP contribution in [0.15, 0.2) is 11.6 Å². The van der Waals surface area contributed by atoms with Crippen LogP contribution in [0, 0.1) is 46.3 Å². The summed E-state index contributed by atoms with van der Waals surface area (Å²) in [5.74, 6) is 5.84. The molecule has 0 amide bonds. The maximum absolute atomic E-state index is 2.74. The zero-order valence-corrected chi connectivity index (χ0v) is 19.0. The van der Waals surface area contributed by atoms with Crippen LogP contribution in [-0.2, 0) is 0 Å². The zero-order chi connectivity index (χ0) is 19.2. The van der Waals surface area contributed by atoms with Crippen LogP contribution in [0.2, 0.25) is 0 Å². The molecule has 3 saturated carbocycles. The molecule has 0 heterocycles. The van der Waals surface area contributed by atoms with E-state index in [9.17, 15) is 0 Å². The average molecular weight is 371 g/mol. The highest BCUT2D eigenvalue weighted by Gasteiger charge is 2.58. The van der Waals surface area contributed by atoms with Gasteiger partial charge in [0.2, 0.25) is 0 Å². The van der Waals surface area contributed by atoms with Gasteiger partial charge in [0.05, 0.1) is 0 Å².